The largest absolute Gasteiger partial charge is 0.381 e. The first-order valence-electron chi connectivity index (χ1n) is 5.84. The normalized spacial score (nSPS) is 11.7. The Morgan fingerprint density at radius 1 is 1.24 bits per heavy atom. The number of carbonyl (C=O) groups excluding carboxylic acids is 1. The van der Waals surface area contributed by atoms with E-state index < -0.39 is 5.60 Å². The van der Waals surface area contributed by atoms with Crippen LogP contribution < -0.4 is 4.90 Å². The number of aliphatic hydroxyl groups is 1. The average molecular weight is 235 g/mol. The van der Waals surface area contributed by atoms with Gasteiger partial charge in [-0.25, -0.2) is 0 Å². The quantitative estimate of drug-likeness (QED) is 0.874. The third kappa shape index (κ3) is 3.30. The van der Waals surface area contributed by atoms with Crippen LogP contribution in [0.15, 0.2) is 24.3 Å². The molecule has 0 aliphatic rings. The molecule has 0 saturated heterocycles. The van der Waals surface area contributed by atoms with Crippen molar-refractivity contribution in [3.63, 3.8) is 0 Å². The van der Waals surface area contributed by atoms with Gasteiger partial charge in [0.2, 0.25) is 0 Å². The van der Waals surface area contributed by atoms with Gasteiger partial charge in [-0.2, -0.15) is 0 Å². The zero-order valence-electron chi connectivity index (χ0n) is 11.2. The van der Waals surface area contributed by atoms with Gasteiger partial charge in [-0.15, -0.1) is 0 Å². The predicted octanol–water partition coefficient (Wildman–Crippen LogP) is 2.54. The van der Waals surface area contributed by atoms with Crippen LogP contribution in [0.2, 0.25) is 0 Å². The Labute approximate surface area is 103 Å². The Morgan fingerprint density at radius 3 is 2.06 bits per heavy atom. The molecule has 0 bridgehead atoms. The lowest BCUT2D eigenvalue weighted by molar-refractivity contribution is -0.133. The highest BCUT2D eigenvalue weighted by atomic mass is 16.3. The molecule has 1 rings (SSSR count). The van der Waals surface area contributed by atoms with Crippen molar-refractivity contribution in [1.29, 1.82) is 0 Å². The maximum Gasteiger partial charge on any atom is 0.258 e. The summed E-state index contributed by atoms with van der Waals surface area (Å²) in [6.07, 6.45) is 0. The maximum absolute atomic E-state index is 11.9. The van der Waals surface area contributed by atoms with E-state index in [1.807, 2.05) is 24.3 Å². The van der Waals surface area contributed by atoms with Gasteiger partial charge in [-0.05, 0) is 37.5 Å². The number of nitrogens with zero attached hydrogens (tertiary/aromatic N) is 1. The molecule has 17 heavy (non-hydrogen) atoms. The van der Waals surface area contributed by atoms with Crippen molar-refractivity contribution in [2.24, 2.45) is 0 Å². The number of likely N-dealkylation sites (N-methyl/N-ethyl adjacent to an activating group) is 1. The van der Waals surface area contributed by atoms with E-state index in [0.717, 1.165) is 5.69 Å². The molecule has 0 radical (unpaired) electrons. The third-order valence-corrected chi connectivity index (χ3v) is 2.78. The molecule has 1 amide bonds. The molecule has 1 aromatic rings. The van der Waals surface area contributed by atoms with E-state index in [-0.39, 0.29) is 5.91 Å². The SMILES string of the molecule is CC(C)c1ccc(N(C)C(=O)C(C)(C)O)cc1. The Kier molecular flexibility index (Phi) is 3.94. The first kappa shape index (κ1) is 13.7. The van der Waals surface area contributed by atoms with Crippen LogP contribution in [-0.4, -0.2) is 23.7 Å². The number of rotatable bonds is 3. The van der Waals surface area contributed by atoms with E-state index in [1.165, 1.54) is 24.3 Å². The van der Waals surface area contributed by atoms with E-state index in [2.05, 4.69) is 13.8 Å². The summed E-state index contributed by atoms with van der Waals surface area (Å²) in [6, 6.07) is 7.82. The number of benzene rings is 1. The molecule has 0 saturated carbocycles. The fourth-order valence-corrected chi connectivity index (χ4v) is 1.61. The Hall–Kier alpha value is -1.35. The van der Waals surface area contributed by atoms with Crippen molar-refractivity contribution in [2.75, 3.05) is 11.9 Å². The van der Waals surface area contributed by atoms with Gasteiger partial charge in [0.25, 0.3) is 5.91 Å². The van der Waals surface area contributed by atoms with E-state index in [9.17, 15) is 9.90 Å². The minimum atomic E-state index is -1.34. The van der Waals surface area contributed by atoms with Crippen LogP contribution in [-0.2, 0) is 4.79 Å². The van der Waals surface area contributed by atoms with Gasteiger partial charge in [-0.3, -0.25) is 4.79 Å². The minimum absolute atomic E-state index is 0.310. The van der Waals surface area contributed by atoms with Gasteiger partial charge < -0.3 is 10.0 Å². The zero-order chi connectivity index (χ0) is 13.2. The van der Waals surface area contributed by atoms with Gasteiger partial charge in [0.15, 0.2) is 0 Å². The Bertz CT molecular complexity index is 388. The summed E-state index contributed by atoms with van der Waals surface area (Å²) in [5.41, 5.74) is 0.685. The van der Waals surface area contributed by atoms with Crippen molar-refractivity contribution in [3.8, 4) is 0 Å². The standard InChI is InChI=1S/C14H21NO2/c1-10(2)11-6-8-12(9-7-11)15(5)13(16)14(3,4)17/h6-10,17H,1-5H3. The summed E-state index contributed by atoms with van der Waals surface area (Å²) < 4.78 is 0. The molecule has 0 aromatic heterocycles. The molecular formula is C14H21NO2. The molecule has 0 aliphatic carbocycles. The van der Waals surface area contributed by atoms with Gasteiger partial charge in [0, 0.05) is 12.7 Å². The molecule has 1 aromatic carbocycles. The van der Waals surface area contributed by atoms with Crippen LogP contribution >= 0.6 is 0 Å². The predicted molar refractivity (Wildman–Crippen MR) is 70.2 cm³/mol. The van der Waals surface area contributed by atoms with Crippen molar-refractivity contribution in [2.45, 2.75) is 39.2 Å². The summed E-state index contributed by atoms with van der Waals surface area (Å²) >= 11 is 0. The van der Waals surface area contributed by atoms with E-state index in [1.54, 1.807) is 7.05 Å². The number of carbonyl (C=O) groups is 1. The molecule has 0 aliphatic heterocycles. The minimum Gasteiger partial charge on any atom is -0.381 e. The second-order valence-corrected chi connectivity index (χ2v) is 5.17. The second kappa shape index (κ2) is 4.88. The van der Waals surface area contributed by atoms with Crippen LogP contribution in [0, 0.1) is 0 Å². The summed E-state index contributed by atoms with van der Waals surface area (Å²) in [7, 11) is 1.67. The lowest BCUT2D eigenvalue weighted by atomic mass is 10.0. The average Bonchev–Trinajstić information content (AvgIpc) is 2.26. The number of hydrogen-bond donors (Lipinski definition) is 1. The highest BCUT2D eigenvalue weighted by molar-refractivity contribution is 5.98. The highest BCUT2D eigenvalue weighted by Gasteiger charge is 2.27. The molecule has 3 heteroatoms. The monoisotopic (exact) mass is 235 g/mol. The number of anilines is 1. The van der Waals surface area contributed by atoms with Crippen molar-refractivity contribution < 1.29 is 9.90 Å². The van der Waals surface area contributed by atoms with Gasteiger partial charge in [0.1, 0.15) is 5.60 Å². The summed E-state index contributed by atoms with van der Waals surface area (Å²) in [5, 5.41) is 9.67. The first-order chi connectivity index (χ1) is 7.73. The van der Waals surface area contributed by atoms with Crippen LogP contribution in [0.4, 0.5) is 5.69 Å². The molecular weight excluding hydrogens is 214 g/mol. The fraction of sp³-hybridized carbons (Fsp3) is 0.500. The van der Waals surface area contributed by atoms with Crippen LogP contribution in [0.3, 0.4) is 0 Å². The first-order valence-corrected chi connectivity index (χ1v) is 5.84. The number of hydrogen-bond acceptors (Lipinski definition) is 2. The topological polar surface area (TPSA) is 40.5 Å². The molecule has 0 unspecified atom stereocenters. The molecule has 0 heterocycles. The third-order valence-electron chi connectivity index (χ3n) is 2.78. The maximum atomic E-state index is 11.9. The molecule has 3 nitrogen and oxygen atoms in total. The van der Waals surface area contributed by atoms with Crippen molar-refractivity contribution in [1.82, 2.24) is 0 Å². The molecule has 0 fully saturated rings. The van der Waals surface area contributed by atoms with Crippen LogP contribution in [0.1, 0.15) is 39.2 Å². The smallest absolute Gasteiger partial charge is 0.258 e. The van der Waals surface area contributed by atoms with E-state index in [0.29, 0.717) is 5.92 Å². The fourth-order valence-electron chi connectivity index (χ4n) is 1.61. The summed E-state index contributed by atoms with van der Waals surface area (Å²) in [4.78, 5) is 13.3. The highest BCUT2D eigenvalue weighted by Crippen LogP contribution is 2.21. The summed E-state index contributed by atoms with van der Waals surface area (Å²) in [5.74, 6) is 0.161. The van der Waals surface area contributed by atoms with Gasteiger partial charge in [0.05, 0.1) is 0 Å². The Balaban J connectivity index is 2.91. The molecule has 0 spiro atoms. The zero-order valence-corrected chi connectivity index (χ0v) is 11.2. The van der Waals surface area contributed by atoms with Crippen molar-refractivity contribution >= 4 is 11.6 Å². The van der Waals surface area contributed by atoms with Gasteiger partial charge >= 0.3 is 0 Å². The molecule has 1 N–H and O–H groups in total. The lowest BCUT2D eigenvalue weighted by Crippen LogP contribution is -2.43. The van der Waals surface area contributed by atoms with E-state index >= 15 is 0 Å². The van der Waals surface area contributed by atoms with Gasteiger partial charge in [-0.1, -0.05) is 26.0 Å². The van der Waals surface area contributed by atoms with Crippen molar-refractivity contribution in [3.05, 3.63) is 29.8 Å². The number of amides is 1. The Morgan fingerprint density at radius 2 is 1.71 bits per heavy atom. The lowest BCUT2D eigenvalue weighted by Gasteiger charge is -2.25. The van der Waals surface area contributed by atoms with Crippen LogP contribution in [0.5, 0.6) is 0 Å². The molecule has 94 valence electrons. The van der Waals surface area contributed by atoms with E-state index in [4.69, 9.17) is 0 Å². The summed E-state index contributed by atoms with van der Waals surface area (Å²) in [6.45, 7) is 7.24. The molecule has 0 atom stereocenters. The second-order valence-electron chi connectivity index (χ2n) is 5.17. The van der Waals surface area contributed by atoms with Crippen LogP contribution in [0.25, 0.3) is 0 Å².